The van der Waals surface area contributed by atoms with Gasteiger partial charge in [-0.05, 0) is 30.3 Å². The molecular formula is C29H29F2N7O2. The molecule has 11 heteroatoms. The van der Waals surface area contributed by atoms with Gasteiger partial charge < -0.3 is 20.3 Å². The molecular weight excluding hydrogens is 516 g/mol. The summed E-state index contributed by atoms with van der Waals surface area (Å²) in [7, 11) is 1.66. The summed E-state index contributed by atoms with van der Waals surface area (Å²) in [5.41, 5.74) is 2.52. The highest BCUT2D eigenvalue weighted by Gasteiger charge is 2.23. The van der Waals surface area contributed by atoms with E-state index in [1.54, 1.807) is 37.7 Å². The van der Waals surface area contributed by atoms with Crippen LogP contribution >= 0.6 is 0 Å². The number of pyridine rings is 1. The number of piperazine rings is 1. The SMILES string of the molecule is C=CC(=O)Nc1ccnc(-c2cccc3cnc(Nc4ccc(N5CCN(CCOC)CC5)c(F)c4F)nc23)c1. The number of rotatable bonds is 9. The second-order valence-electron chi connectivity index (χ2n) is 9.27. The summed E-state index contributed by atoms with van der Waals surface area (Å²) in [5, 5.41) is 6.27. The molecule has 1 aliphatic heterocycles. The Bertz CT molecular complexity index is 1540. The molecule has 0 unspecified atom stereocenters. The zero-order valence-corrected chi connectivity index (χ0v) is 22.0. The molecule has 1 amide bonds. The number of hydrogen-bond donors (Lipinski definition) is 2. The molecule has 0 spiro atoms. The van der Waals surface area contributed by atoms with Crippen LogP contribution in [0, 0.1) is 11.6 Å². The van der Waals surface area contributed by atoms with E-state index < -0.39 is 11.6 Å². The lowest BCUT2D eigenvalue weighted by Gasteiger charge is -2.36. The van der Waals surface area contributed by atoms with Crippen molar-refractivity contribution in [3.63, 3.8) is 0 Å². The number of anilines is 4. The van der Waals surface area contributed by atoms with Crippen molar-refractivity contribution in [3.8, 4) is 11.3 Å². The Kier molecular flexibility index (Phi) is 8.23. The predicted octanol–water partition coefficient (Wildman–Crippen LogP) is 4.61. The average Bonchev–Trinajstić information content (AvgIpc) is 2.98. The first-order valence-electron chi connectivity index (χ1n) is 12.8. The third-order valence-electron chi connectivity index (χ3n) is 6.73. The fourth-order valence-electron chi connectivity index (χ4n) is 4.60. The molecule has 3 heterocycles. The summed E-state index contributed by atoms with van der Waals surface area (Å²) in [5.74, 6) is -2.15. The van der Waals surface area contributed by atoms with Gasteiger partial charge in [0.2, 0.25) is 11.9 Å². The van der Waals surface area contributed by atoms with Gasteiger partial charge in [-0.3, -0.25) is 14.7 Å². The van der Waals surface area contributed by atoms with E-state index in [0.717, 1.165) is 25.0 Å². The molecule has 206 valence electrons. The van der Waals surface area contributed by atoms with Gasteiger partial charge in [0.25, 0.3) is 0 Å². The van der Waals surface area contributed by atoms with E-state index in [0.29, 0.717) is 42.2 Å². The minimum atomic E-state index is -0.997. The van der Waals surface area contributed by atoms with Gasteiger partial charge in [-0.2, -0.15) is 0 Å². The van der Waals surface area contributed by atoms with E-state index in [9.17, 15) is 4.79 Å². The lowest BCUT2D eigenvalue weighted by molar-refractivity contribution is -0.111. The van der Waals surface area contributed by atoms with Gasteiger partial charge >= 0.3 is 0 Å². The van der Waals surface area contributed by atoms with Gasteiger partial charge in [0.05, 0.1) is 29.2 Å². The summed E-state index contributed by atoms with van der Waals surface area (Å²) in [6.07, 6.45) is 4.36. The third kappa shape index (κ3) is 5.90. The number of hydrogen-bond acceptors (Lipinski definition) is 8. The Morgan fingerprint density at radius 3 is 2.70 bits per heavy atom. The predicted molar refractivity (Wildman–Crippen MR) is 152 cm³/mol. The van der Waals surface area contributed by atoms with Crippen molar-refractivity contribution in [1.82, 2.24) is 19.9 Å². The molecule has 2 aromatic heterocycles. The Morgan fingerprint density at radius 1 is 1.10 bits per heavy atom. The number of carbonyl (C=O) groups excluding carboxylic acids is 1. The standard InChI is InChI=1S/C29H29F2N7O2/c1-3-25(39)34-20-9-10-32-23(17-20)21-6-4-5-19-18-33-29(36-28(19)21)35-22-7-8-24(27(31)26(22)30)38-13-11-37(12-14-38)15-16-40-2/h3-10,17-18H,1,11-16H2,2H3,(H,32,34,39)(H,33,35,36). The molecule has 4 aromatic rings. The van der Waals surface area contributed by atoms with Gasteiger partial charge in [-0.1, -0.05) is 24.8 Å². The largest absolute Gasteiger partial charge is 0.383 e. The average molecular weight is 546 g/mol. The minimum Gasteiger partial charge on any atom is -0.383 e. The van der Waals surface area contributed by atoms with Gasteiger partial charge in [0, 0.05) is 68.9 Å². The van der Waals surface area contributed by atoms with Gasteiger partial charge in [0.1, 0.15) is 0 Å². The first-order chi connectivity index (χ1) is 19.5. The van der Waals surface area contributed by atoms with Crippen molar-refractivity contribution in [2.45, 2.75) is 0 Å². The van der Waals surface area contributed by atoms with Gasteiger partial charge in [0.15, 0.2) is 11.6 Å². The van der Waals surface area contributed by atoms with E-state index in [2.05, 4.69) is 37.1 Å². The summed E-state index contributed by atoms with van der Waals surface area (Å²) in [6, 6.07) is 12.0. The zero-order valence-electron chi connectivity index (χ0n) is 22.0. The quantitative estimate of drug-likeness (QED) is 0.295. The second kappa shape index (κ2) is 12.1. The van der Waals surface area contributed by atoms with E-state index in [1.165, 1.54) is 12.1 Å². The van der Waals surface area contributed by atoms with Crippen molar-refractivity contribution in [2.75, 3.05) is 62.0 Å². The molecule has 1 aliphatic rings. The molecule has 1 saturated heterocycles. The van der Waals surface area contributed by atoms with Crippen LogP contribution in [0.5, 0.6) is 0 Å². The van der Waals surface area contributed by atoms with Crippen molar-refractivity contribution in [2.24, 2.45) is 0 Å². The van der Waals surface area contributed by atoms with Crippen LogP contribution in [-0.2, 0) is 9.53 Å². The first-order valence-corrected chi connectivity index (χ1v) is 12.8. The van der Waals surface area contributed by atoms with Gasteiger partial charge in [-0.25, -0.2) is 18.7 Å². The molecule has 0 radical (unpaired) electrons. The molecule has 0 aliphatic carbocycles. The second-order valence-corrected chi connectivity index (χ2v) is 9.27. The van der Waals surface area contributed by atoms with Crippen LogP contribution in [0.2, 0.25) is 0 Å². The van der Waals surface area contributed by atoms with E-state index >= 15 is 8.78 Å². The van der Waals surface area contributed by atoms with E-state index in [4.69, 9.17) is 4.74 Å². The molecule has 2 N–H and O–H groups in total. The van der Waals surface area contributed by atoms with Crippen LogP contribution in [0.25, 0.3) is 22.2 Å². The van der Waals surface area contributed by atoms with Crippen molar-refractivity contribution < 1.29 is 18.3 Å². The number of amides is 1. The molecule has 40 heavy (non-hydrogen) atoms. The molecule has 1 fully saturated rings. The van der Waals surface area contributed by atoms with Crippen molar-refractivity contribution in [1.29, 1.82) is 0 Å². The van der Waals surface area contributed by atoms with Crippen LogP contribution in [0.1, 0.15) is 0 Å². The highest BCUT2D eigenvalue weighted by atomic mass is 19.2. The summed E-state index contributed by atoms with van der Waals surface area (Å²) in [4.78, 5) is 29.1. The van der Waals surface area contributed by atoms with Crippen LogP contribution in [0.15, 0.2) is 67.5 Å². The summed E-state index contributed by atoms with van der Waals surface area (Å²) >= 11 is 0. The molecule has 9 nitrogen and oxygen atoms in total. The molecule has 5 rings (SSSR count). The normalized spacial score (nSPS) is 13.8. The molecule has 2 aromatic carbocycles. The first kappa shape index (κ1) is 27.1. The number of carbonyl (C=O) groups is 1. The lowest BCUT2D eigenvalue weighted by Crippen LogP contribution is -2.47. The van der Waals surface area contributed by atoms with Crippen LogP contribution < -0.4 is 15.5 Å². The Morgan fingerprint density at radius 2 is 1.93 bits per heavy atom. The number of nitrogens with zero attached hydrogens (tertiary/aromatic N) is 5. The fourth-order valence-corrected chi connectivity index (χ4v) is 4.60. The highest BCUT2D eigenvalue weighted by molar-refractivity contribution is 5.99. The monoisotopic (exact) mass is 545 g/mol. The number of para-hydroxylation sites is 1. The number of halogens is 2. The maximum absolute atomic E-state index is 15.2. The summed E-state index contributed by atoms with van der Waals surface area (Å²) in [6.45, 7) is 7.59. The van der Waals surface area contributed by atoms with Crippen molar-refractivity contribution >= 4 is 39.8 Å². The smallest absolute Gasteiger partial charge is 0.247 e. The maximum atomic E-state index is 15.2. The van der Waals surface area contributed by atoms with Crippen LogP contribution in [0.4, 0.5) is 31.8 Å². The minimum absolute atomic E-state index is 0.0657. The lowest BCUT2D eigenvalue weighted by atomic mass is 10.1. The molecule has 0 bridgehead atoms. The number of benzene rings is 2. The number of methoxy groups -OCH3 is 1. The number of fused-ring (bicyclic) bond motifs is 1. The Balaban J connectivity index is 1.38. The van der Waals surface area contributed by atoms with E-state index in [-0.39, 0.29) is 23.2 Å². The Hall–Kier alpha value is -4.48. The topological polar surface area (TPSA) is 95.5 Å². The highest BCUT2D eigenvalue weighted by Crippen LogP contribution is 2.31. The Labute approximate surface area is 230 Å². The molecule has 0 saturated carbocycles. The number of ether oxygens (including phenoxy) is 1. The fraction of sp³-hybridized carbons (Fsp3) is 0.241. The van der Waals surface area contributed by atoms with Crippen LogP contribution in [-0.4, -0.2) is 72.2 Å². The maximum Gasteiger partial charge on any atom is 0.247 e. The third-order valence-corrected chi connectivity index (χ3v) is 6.73. The number of aromatic nitrogens is 3. The van der Waals surface area contributed by atoms with Gasteiger partial charge in [-0.15, -0.1) is 0 Å². The number of nitrogens with one attached hydrogen (secondary N) is 2. The summed E-state index contributed by atoms with van der Waals surface area (Å²) < 4.78 is 35.5. The van der Waals surface area contributed by atoms with Crippen molar-refractivity contribution in [3.05, 3.63) is 79.1 Å². The van der Waals surface area contributed by atoms with Crippen LogP contribution in [0.3, 0.4) is 0 Å². The van der Waals surface area contributed by atoms with E-state index in [1.807, 2.05) is 23.1 Å². The zero-order chi connectivity index (χ0) is 28.1. The molecule has 0 atom stereocenters.